The first-order valence-corrected chi connectivity index (χ1v) is 6.12. The Morgan fingerprint density at radius 2 is 2.35 bits per heavy atom. The fourth-order valence-electron chi connectivity index (χ4n) is 2.17. The summed E-state index contributed by atoms with van der Waals surface area (Å²) in [6, 6.07) is 4.14. The number of hydrogen-bond acceptors (Lipinski definition) is 3. The minimum Gasteiger partial charge on any atom is -0.350 e. The summed E-state index contributed by atoms with van der Waals surface area (Å²) in [5.41, 5.74) is 2.41. The molecule has 0 spiro atoms. The van der Waals surface area contributed by atoms with E-state index in [0.29, 0.717) is 18.2 Å². The molecule has 1 fully saturated rings. The van der Waals surface area contributed by atoms with E-state index in [1.807, 2.05) is 26.0 Å². The summed E-state index contributed by atoms with van der Waals surface area (Å²) in [6.07, 6.45) is 2.34. The van der Waals surface area contributed by atoms with Crippen molar-refractivity contribution in [3.63, 3.8) is 0 Å². The normalized spacial score (nSPS) is 19.3. The van der Waals surface area contributed by atoms with Crippen molar-refractivity contribution in [2.24, 2.45) is 0 Å². The SMILES string of the molecule is Cc1ccc(C(=O)NCC2CCCN2)c(C)n1. The summed E-state index contributed by atoms with van der Waals surface area (Å²) in [5.74, 6) is -0.0244. The molecule has 1 aromatic heterocycles. The Bertz CT molecular complexity index is 411. The molecule has 92 valence electrons. The molecule has 1 amide bonds. The van der Waals surface area contributed by atoms with Gasteiger partial charge in [0.05, 0.1) is 11.3 Å². The zero-order chi connectivity index (χ0) is 12.3. The lowest BCUT2D eigenvalue weighted by Gasteiger charge is -2.12. The minimum absolute atomic E-state index is 0.0244. The summed E-state index contributed by atoms with van der Waals surface area (Å²) >= 11 is 0. The Morgan fingerprint density at radius 1 is 1.53 bits per heavy atom. The summed E-state index contributed by atoms with van der Waals surface area (Å²) in [7, 11) is 0. The smallest absolute Gasteiger partial charge is 0.253 e. The first-order chi connectivity index (χ1) is 8.16. The second-order valence-electron chi connectivity index (χ2n) is 4.59. The maximum Gasteiger partial charge on any atom is 0.253 e. The maximum atomic E-state index is 12.0. The highest BCUT2D eigenvalue weighted by atomic mass is 16.1. The highest BCUT2D eigenvalue weighted by Crippen LogP contribution is 2.07. The number of amides is 1. The highest BCUT2D eigenvalue weighted by Gasteiger charge is 2.16. The number of rotatable bonds is 3. The summed E-state index contributed by atoms with van der Waals surface area (Å²) in [6.45, 7) is 5.56. The van der Waals surface area contributed by atoms with Crippen LogP contribution < -0.4 is 10.6 Å². The van der Waals surface area contributed by atoms with Gasteiger partial charge in [-0.25, -0.2) is 0 Å². The first-order valence-electron chi connectivity index (χ1n) is 6.12. The van der Waals surface area contributed by atoms with Crippen molar-refractivity contribution < 1.29 is 4.79 Å². The van der Waals surface area contributed by atoms with E-state index in [2.05, 4.69) is 15.6 Å². The average molecular weight is 233 g/mol. The minimum atomic E-state index is -0.0244. The van der Waals surface area contributed by atoms with Crippen molar-refractivity contribution in [1.29, 1.82) is 0 Å². The zero-order valence-corrected chi connectivity index (χ0v) is 10.4. The summed E-state index contributed by atoms with van der Waals surface area (Å²) in [4.78, 5) is 16.3. The van der Waals surface area contributed by atoms with Gasteiger partial charge in [-0.15, -0.1) is 0 Å². The molecule has 1 aliphatic heterocycles. The van der Waals surface area contributed by atoms with Crippen LogP contribution in [0, 0.1) is 13.8 Å². The molecular formula is C13H19N3O. The van der Waals surface area contributed by atoms with Gasteiger partial charge in [0.15, 0.2) is 0 Å². The third-order valence-corrected chi connectivity index (χ3v) is 3.14. The van der Waals surface area contributed by atoms with Crippen LogP contribution in [0.5, 0.6) is 0 Å². The third kappa shape index (κ3) is 3.03. The molecule has 4 nitrogen and oxygen atoms in total. The van der Waals surface area contributed by atoms with Crippen LogP contribution in [0.4, 0.5) is 0 Å². The van der Waals surface area contributed by atoms with Crippen LogP contribution in [-0.4, -0.2) is 30.0 Å². The monoisotopic (exact) mass is 233 g/mol. The van der Waals surface area contributed by atoms with Gasteiger partial charge < -0.3 is 10.6 Å². The van der Waals surface area contributed by atoms with Crippen molar-refractivity contribution in [3.8, 4) is 0 Å². The molecule has 4 heteroatoms. The lowest BCUT2D eigenvalue weighted by molar-refractivity contribution is 0.0949. The predicted octanol–water partition coefficient (Wildman–Crippen LogP) is 1.18. The van der Waals surface area contributed by atoms with Crippen LogP contribution in [0.3, 0.4) is 0 Å². The Morgan fingerprint density at radius 3 is 3.00 bits per heavy atom. The molecular weight excluding hydrogens is 214 g/mol. The summed E-state index contributed by atoms with van der Waals surface area (Å²) in [5, 5.41) is 6.32. The van der Waals surface area contributed by atoms with Gasteiger partial charge in [-0.05, 0) is 45.4 Å². The first kappa shape index (κ1) is 12.0. The lowest BCUT2D eigenvalue weighted by atomic mass is 10.1. The molecule has 2 N–H and O–H groups in total. The Balaban J connectivity index is 1.94. The second-order valence-corrected chi connectivity index (χ2v) is 4.59. The molecule has 17 heavy (non-hydrogen) atoms. The lowest BCUT2D eigenvalue weighted by Crippen LogP contribution is -2.37. The van der Waals surface area contributed by atoms with Gasteiger partial charge >= 0.3 is 0 Å². The van der Waals surface area contributed by atoms with Crippen molar-refractivity contribution in [1.82, 2.24) is 15.6 Å². The largest absolute Gasteiger partial charge is 0.350 e. The van der Waals surface area contributed by atoms with Gasteiger partial charge in [0.1, 0.15) is 0 Å². The number of aryl methyl sites for hydroxylation is 2. The van der Waals surface area contributed by atoms with Crippen molar-refractivity contribution in [3.05, 3.63) is 29.1 Å². The molecule has 2 heterocycles. The molecule has 2 rings (SSSR count). The molecule has 1 saturated heterocycles. The topological polar surface area (TPSA) is 54.0 Å². The van der Waals surface area contributed by atoms with Crippen LogP contribution in [0.2, 0.25) is 0 Å². The number of aromatic nitrogens is 1. The van der Waals surface area contributed by atoms with E-state index in [0.717, 1.165) is 24.4 Å². The second kappa shape index (κ2) is 5.27. The van der Waals surface area contributed by atoms with Crippen molar-refractivity contribution in [2.45, 2.75) is 32.7 Å². The van der Waals surface area contributed by atoms with E-state index in [1.165, 1.54) is 6.42 Å². The molecule has 0 aliphatic carbocycles. The third-order valence-electron chi connectivity index (χ3n) is 3.14. The van der Waals surface area contributed by atoms with Gasteiger partial charge in [0.25, 0.3) is 5.91 Å². The van der Waals surface area contributed by atoms with Crippen LogP contribution in [0.1, 0.15) is 34.6 Å². The standard InChI is InChI=1S/C13H19N3O/c1-9-5-6-12(10(2)16-9)13(17)15-8-11-4-3-7-14-11/h5-6,11,14H,3-4,7-8H2,1-2H3,(H,15,17). The zero-order valence-electron chi connectivity index (χ0n) is 10.4. The van der Waals surface area contributed by atoms with Crippen molar-refractivity contribution >= 4 is 5.91 Å². The molecule has 1 unspecified atom stereocenters. The van der Waals surface area contributed by atoms with Crippen LogP contribution >= 0.6 is 0 Å². The predicted molar refractivity (Wildman–Crippen MR) is 67.1 cm³/mol. The number of hydrogen-bond donors (Lipinski definition) is 2. The maximum absolute atomic E-state index is 12.0. The van der Waals surface area contributed by atoms with E-state index in [9.17, 15) is 4.79 Å². The molecule has 0 saturated carbocycles. The van der Waals surface area contributed by atoms with E-state index in [1.54, 1.807) is 0 Å². The highest BCUT2D eigenvalue weighted by molar-refractivity contribution is 5.95. The van der Waals surface area contributed by atoms with Crippen molar-refractivity contribution in [2.75, 3.05) is 13.1 Å². The van der Waals surface area contributed by atoms with E-state index in [-0.39, 0.29) is 5.91 Å². The molecule has 0 aromatic carbocycles. The Kier molecular flexibility index (Phi) is 3.74. The molecule has 1 aromatic rings. The van der Waals surface area contributed by atoms with Crippen LogP contribution in [0.15, 0.2) is 12.1 Å². The Hall–Kier alpha value is -1.42. The number of carbonyl (C=O) groups is 1. The van der Waals surface area contributed by atoms with E-state index in [4.69, 9.17) is 0 Å². The average Bonchev–Trinajstić information content (AvgIpc) is 2.78. The quantitative estimate of drug-likeness (QED) is 0.824. The van der Waals surface area contributed by atoms with Gasteiger partial charge in [0.2, 0.25) is 0 Å². The Labute approximate surface area is 102 Å². The fraction of sp³-hybridized carbons (Fsp3) is 0.538. The molecule has 1 aliphatic rings. The molecule has 1 atom stereocenters. The van der Waals surface area contributed by atoms with Crippen LogP contribution in [-0.2, 0) is 0 Å². The van der Waals surface area contributed by atoms with E-state index >= 15 is 0 Å². The summed E-state index contributed by atoms with van der Waals surface area (Å²) < 4.78 is 0. The number of pyridine rings is 1. The number of nitrogens with one attached hydrogen (secondary N) is 2. The number of carbonyl (C=O) groups excluding carboxylic acids is 1. The van der Waals surface area contributed by atoms with Gasteiger partial charge in [-0.3, -0.25) is 9.78 Å². The van der Waals surface area contributed by atoms with Gasteiger partial charge in [-0.1, -0.05) is 0 Å². The molecule has 0 radical (unpaired) electrons. The van der Waals surface area contributed by atoms with Gasteiger partial charge in [0, 0.05) is 18.3 Å². The number of nitrogens with zero attached hydrogens (tertiary/aromatic N) is 1. The van der Waals surface area contributed by atoms with E-state index < -0.39 is 0 Å². The molecule has 0 bridgehead atoms. The van der Waals surface area contributed by atoms with Crippen LogP contribution in [0.25, 0.3) is 0 Å². The fourth-order valence-corrected chi connectivity index (χ4v) is 2.17. The van der Waals surface area contributed by atoms with Gasteiger partial charge in [-0.2, -0.15) is 0 Å².